The number of para-hydroxylation sites is 1. The first kappa shape index (κ1) is 22.0. The molecular formula is C26H32N4O2S. The molecule has 3 aromatic rings. The first-order valence-corrected chi connectivity index (χ1v) is 12.6. The molecule has 2 aliphatic heterocycles. The lowest BCUT2D eigenvalue weighted by Crippen LogP contribution is -2.38. The van der Waals surface area contributed by atoms with Gasteiger partial charge in [0.1, 0.15) is 16.1 Å². The minimum absolute atomic E-state index is 0.0465. The Bertz CT molecular complexity index is 1160. The molecule has 1 N–H and O–H groups in total. The van der Waals surface area contributed by atoms with Gasteiger partial charge in [-0.2, -0.15) is 0 Å². The van der Waals surface area contributed by atoms with E-state index < -0.39 is 0 Å². The van der Waals surface area contributed by atoms with Gasteiger partial charge < -0.3 is 19.9 Å². The molecule has 0 radical (unpaired) electrons. The number of ether oxygens (including phenoxy) is 1. The van der Waals surface area contributed by atoms with E-state index in [1.165, 1.54) is 12.1 Å². The number of hydrogen-bond donors (Lipinski definition) is 1. The van der Waals surface area contributed by atoms with Gasteiger partial charge >= 0.3 is 0 Å². The summed E-state index contributed by atoms with van der Waals surface area (Å²) in [5.41, 5.74) is 4.04. The van der Waals surface area contributed by atoms with E-state index in [4.69, 9.17) is 9.72 Å². The van der Waals surface area contributed by atoms with Crippen LogP contribution in [0.5, 0.6) is 5.75 Å². The quantitative estimate of drug-likeness (QED) is 0.582. The zero-order valence-electron chi connectivity index (χ0n) is 19.8. The van der Waals surface area contributed by atoms with Crippen molar-refractivity contribution in [2.75, 3.05) is 43.6 Å². The summed E-state index contributed by atoms with van der Waals surface area (Å²) in [6, 6.07) is 10.0. The van der Waals surface area contributed by atoms with Crippen LogP contribution in [-0.2, 0) is 0 Å². The number of nitrogens with zero attached hydrogens (tertiary/aromatic N) is 3. The predicted octanol–water partition coefficient (Wildman–Crippen LogP) is 5.10. The number of carbonyl (C=O) groups excluding carboxylic acids is 1. The monoisotopic (exact) mass is 464 g/mol. The van der Waals surface area contributed by atoms with E-state index in [1.54, 1.807) is 11.3 Å². The first-order chi connectivity index (χ1) is 15.9. The van der Waals surface area contributed by atoms with Crippen LogP contribution in [0.3, 0.4) is 0 Å². The third-order valence-corrected chi connectivity index (χ3v) is 7.84. The fourth-order valence-corrected chi connectivity index (χ4v) is 6.64. The van der Waals surface area contributed by atoms with Gasteiger partial charge in [0.2, 0.25) is 0 Å². The van der Waals surface area contributed by atoms with Gasteiger partial charge in [-0.05, 0) is 30.4 Å². The largest absolute Gasteiger partial charge is 0.493 e. The number of aromatic nitrogens is 1. The second-order valence-corrected chi connectivity index (χ2v) is 10.8. The molecule has 2 aliphatic rings. The normalized spacial score (nSPS) is 22.5. The molecule has 7 heteroatoms. The van der Waals surface area contributed by atoms with E-state index in [2.05, 4.69) is 30.1 Å². The highest BCUT2D eigenvalue weighted by molar-refractivity contribution is 7.22. The van der Waals surface area contributed by atoms with Crippen LogP contribution in [0.2, 0.25) is 0 Å². The first-order valence-electron chi connectivity index (χ1n) is 11.8. The Kier molecular flexibility index (Phi) is 5.91. The third-order valence-electron chi connectivity index (χ3n) is 6.65. The van der Waals surface area contributed by atoms with E-state index in [-0.39, 0.29) is 11.9 Å². The lowest BCUT2D eigenvalue weighted by molar-refractivity contribution is 0.0929. The van der Waals surface area contributed by atoms with Crippen molar-refractivity contribution in [2.45, 2.75) is 32.7 Å². The molecule has 0 aliphatic carbocycles. The third kappa shape index (κ3) is 4.14. The topological polar surface area (TPSA) is 57.7 Å². The maximum atomic E-state index is 13.6. The molecule has 6 nitrogen and oxygen atoms in total. The van der Waals surface area contributed by atoms with E-state index >= 15 is 0 Å². The lowest BCUT2D eigenvalue weighted by Gasteiger charge is -2.36. The average Bonchev–Trinajstić information content (AvgIpc) is 3.19. The Labute approximate surface area is 199 Å². The fourth-order valence-electron chi connectivity index (χ4n) is 5.36. The Morgan fingerprint density at radius 1 is 1.18 bits per heavy atom. The standard InChI is InChI=1S/C26H32N4O2S/c1-16-13-17(2)15-30(14-16)20-9-11-27-22-23(29(3)4)25(33-24(20)22)26(31)28-19-10-12-32-21-8-6-5-7-18(19)21/h5-9,11,16-17,19H,10,12-15H2,1-4H3,(H,28,31)/t16-,17+,19-/m0/s1. The molecular weight excluding hydrogens is 432 g/mol. The number of piperidine rings is 1. The molecule has 0 spiro atoms. The van der Waals surface area contributed by atoms with Crippen LogP contribution in [-0.4, -0.2) is 44.7 Å². The zero-order valence-corrected chi connectivity index (χ0v) is 20.6. The summed E-state index contributed by atoms with van der Waals surface area (Å²) < 4.78 is 6.88. The number of amides is 1. The van der Waals surface area contributed by atoms with Gasteiger partial charge in [-0.15, -0.1) is 11.3 Å². The Morgan fingerprint density at radius 3 is 2.70 bits per heavy atom. The van der Waals surface area contributed by atoms with Gasteiger partial charge in [0, 0.05) is 45.4 Å². The van der Waals surface area contributed by atoms with Crippen LogP contribution in [0, 0.1) is 11.8 Å². The summed E-state index contributed by atoms with van der Waals surface area (Å²) in [7, 11) is 3.98. The molecule has 1 saturated heterocycles. The van der Waals surface area contributed by atoms with Crippen LogP contribution in [0.4, 0.5) is 11.4 Å². The van der Waals surface area contributed by atoms with Crippen molar-refractivity contribution in [3.63, 3.8) is 0 Å². The van der Waals surface area contributed by atoms with Crippen molar-refractivity contribution >= 4 is 38.8 Å². The second kappa shape index (κ2) is 8.86. The molecule has 5 rings (SSSR count). The zero-order chi connectivity index (χ0) is 23.1. The number of carbonyl (C=O) groups is 1. The smallest absolute Gasteiger partial charge is 0.264 e. The number of pyridine rings is 1. The molecule has 1 fully saturated rings. The number of benzene rings is 1. The van der Waals surface area contributed by atoms with E-state index in [1.807, 2.05) is 49.5 Å². The summed E-state index contributed by atoms with van der Waals surface area (Å²) in [6.07, 6.45) is 3.91. The van der Waals surface area contributed by atoms with Crippen molar-refractivity contribution in [1.29, 1.82) is 0 Å². The highest BCUT2D eigenvalue weighted by Gasteiger charge is 2.29. The maximum absolute atomic E-state index is 13.6. The minimum Gasteiger partial charge on any atom is -0.493 e. The van der Waals surface area contributed by atoms with Gasteiger partial charge in [-0.1, -0.05) is 32.0 Å². The van der Waals surface area contributed by atoms with Crippen LogP contribution < -0.4 is 19.9 Å². The Morgan fingerprint density at radius 2 is 1.94 bits per heavy atom. The molecule has 0 unspecified atom stereocenters. The minimum atomic E-state index is -0.0566. The molecule has 33 heavy (non-hydrogen) atoms. The number of nitrogens with one attached hydrogen (secondary N) is 1. The molecule has 1 aromatic carbocycles. The van der Waals surface area contributed by atoms with Crippen LogP contribution >= 0.6 is 11.3 Å². The highest BCUT2D eigenvalue weighted by Crippen LogP contribution is 2.43. The Balaban J connectivity index is 1.52. The fraction of sp³-hybridized carbons (Fsp3) is 0.462. The lowest BCUT2D eigenvalue weighted by atomic mass is 9.91. The number of anilines is 2. The van der Waals surface area contributed by atoms with Gasteiger partial charge in [0.25, 0.3) is 5.91 Å². The summed E-state index contributed by atoms with van der Waals surface area (Å²) in [5.74, 6) is 2.12. The number of thiophene rings is 1. The van der Waals surface area contributed by atoms with Crippen LogP contribution in [0.1, 0.15) is 48.0 Å². The average molecular weight is 465 g/mol. The van der Waals surface area contributed by atoms with E-state index in [0.717, 1.165) is 51.6 Å². The van der Waals surface area contributed by atoms with Crippen molar-refractivity contribution in [3.05, 3.63) is 47.0 Å². The summed E-state index contributed by atoms with van der Waals surface area (Å²) in [4.78, 5) is 23.5. The van der Waals surface area contributed by atoms with E-state index in [0.29, 0.717) is 18.4 Å². The summed E-state index contributed by atoms with van der Waals surface area (Å²) >= 11 is 1.56. The van der Waals surface area contributed by atoms with Gasteiger partial charge in [0.05, 0.1) is 28.7 Å². The van der Waals surface area contributed by atoms with Crippen LogP contribution in [0.25, 0.3) is 10.2 Å². The molecule has 2 aromatic heterocycles. The molecule has 0 saturated carbocycles. The maximum Gasteiger partial charge on any atom is 0.264 e. The SMILES string of the molecule is C[C@@H]1C[C@H](C)CN(c2ccnc3c(N(C)C)c(C(=O)N[C@H]4CCOc5ccccc54)sc23)C1. The Hall–Kier alpha value is -2.80. The molecule has 0 bridgehead atoms. The van der Waals surface area contributed by atoms with Gasteiger partial charge in [0.15, 0.2) is 0 Å². The van der Waals surface area contributed by atoms with Gasteiger partial charge in [-0.3, -0.25) is 9.78 Å². The van der Waals surface area contributed by atoms with Gasteiger partial charge in [-0.25, -0.2) is 0 Å². The van der Waals surface area contributed by atoms with E-state index in [9.17, 15) is 4.79 Å². The molecule has 4 heterocycles. The number of hydrogen-bond acceptors (Lipinski definition) is 6. The summed E-state index contributed by atoms with van der Waals surface area (Å²) in [6.45, 7) is 7.33. The predicted molar refractivity (Wildman–Crippen MR) is 136 cm³/mol. The van der Waals surface area contributed by atoms with Crippen molar-refractivity contribution < 1.29 is 9.53 Å². The second-order valence-electron chi connectivity index (χ2n) is 9.73. The molecule has 3 atom stereocenters. The van der Waals surface area contributed by atoms with Crippen molar-refractivity contribution in [1.82, 2.24) is 10.3 Å². The van der Waals surface area contributed by atoms with Crippen LogP contribution in [0.15, 0.2) is 36.5 Å². The molecule has 174 valence electrons. The highest BCUT2D eigenvalue weighted by atomic mass is 32.1. The molecule has 1 amide bonds. The number of rotatable bonds is 4. The summed E-state index contributed by atoms with van der Waals surface area (Å²) in [5, 5.41) is 3.28. The number of fused-ring (bicyclic) bond motifs is 2. The van der Waals surface area contributed by atoms with Crippen molar-refractivity contribution in [3.8, 4) is 5.75 Å². The van der Waals surface area contributed by atoms with Crippen molar-refractivity contribution in [2.24, 2.45) is 11.8 Å².